The molecule has 1 saturated heterocycles. The van der Waals surface area contributed by atoms with Gasteiger partial charge in [-0.2, -0.15) is 0 Å². The van der Waals surface area contributed by atoms with E-state index in [-0.39, 0.29) is 28.9 Å². The Balaban J connectivity index is 1.44. The van der Waals surface area contributed by atoms with Crippen molar-refractivity contribution in [1.82, 2.24) is 9.80 Å². The number of aliphatic imine (C=N–C) groups is 1. The first-order valence-corrected chi connectivity index (χ1v) is 12.9. The Morgan fingerprint density at radius 2 is 1.84 bits per heavy atom. The van der Waals surface area contributed by atoms with Crippen molar-refractivity contribution in [3.05, 3.63) is 63.4 Å². The summed E-state index contributed by atoms with van der Waals surface area (Å²) in [6.45, 7) is 4.23. The maximum Gasteiger partial charge on any atom is 0.269 e. The van der Waals surface area contributed by atoms with E-state index in [1.54, 1.807) is 24.3 Å². The van der Waals surface area contributed by atoms with Gasteiger partial charge in [-0.25, -0.2) is 4.39 Å². The first kappa shape index (κ1) is 27.0. The van der Waals surface area contributed by atoms with Gasteiger partial charge in [0.05, 0.1) is 23.3 Å². The van der Waals surface area contributed by atoms with Gasteiger partial charge in [0, 0.05) is 53.9 Å². The number of carbonyl (C=O) groups is 2. The Morgan fingerprint density at radius 3 is 2.51 bits per heavy atom. The number of anilines is 1. The molecule has 37 heavy (non-hydrogen) atoms. The van der Waals surface area contributed by atoms with E-state index >= 15 is 0 Å². The summed E-state index contributed by atoms with van der Waals surface area (Å²) >= 11 is 12.6. The maximum absolute atomic E-state index is 14.2. The highest BCUT2D eigenvalue weighted by Gasteiger charge is 2.34. The molecule has 2 aromatic rings. The van der Waals surface area contributed by atoms with E-state index < -0.39 is 23.8 Å². The van der Waals surface area contributed by atoms with Gasteiger partial charge in [-0.05, 0) is 56.2 Å². The van der Waals surface area contributed by atoms with Crippen molar-refractivity contribution in [3.63, 3.8) is 0 Å². The van der Waals surface area contributed by atoms with Gasteiger partial charge in [-0.15, -0.1) is 0 Å². The lowest BCUT2D eigenvalue weighted by Crippen LogP contribution is -2.52. The normalized spacial score (nSPS) is 18.9. The Labute approximate surface area is 225 Å². The average molecular weight is 547 g/mol. The second-order valence-electron chi connectivity index (χ2n) is 9.21. The minimum Gasteiger partial charge on any atom is -0.386 e. The Kier molecular flexibility index (Phi) is 8.46. The lowest BCUT2D eigenvalue weighted by Gasteiger charge is -2.39. The monoisotopic (exact) mass is 546 g/mol. The van der Waals surface area contributed by atoms with Crippen LogP contribution in [0.1, 0.15) is 48.1 Å². The third-order valence-corrected chi connectivity index (χ3v) is 7.56. The molecule has 0 radical (unpaired) electrons. The third kappa shape index (κ3) is 5.95. The summed E-state index contributed by atoms with van der Waals surface area (Å²) in [5.41, 5.74) is 7.44. The molecule has 2 aliphatic heterocycles. The predicted molar refractivity (Wildman–Crippen MR) is 144 cm³/mol. The number of nitrogens with two attached hydrogens (primary N) is 1. The van der Waals surface area contributed by atoms with Gasteiger partial charge in [0.25, 0.3) is 11.8 Å². The van der Waals surface area contributed by atoms with E-state index in [4.69, 9.17) is 34.3 Å². The average Bonchev–Trinajstić information content (AvgIpc) is 3.42. The van der Waals surface area contributed by atoms with Gasteiger partial charge in [0.15, 0.2) is 0 Å². The Morgan fingerprint density at radius 1 is 1.16 bits per heavy atom. The van der Waals surface area contributed by atoms with Crippen molar-refractivity contribution in [2.24, 2.45) is 10.7 Å². The summed E-state index contributed by atoms with van der Waals surface area (Å²) in [6, 6.07) is 8.28. The largest absolute Gasteiger partial charge is 0.386 e. The van der Waals surface area contributed by atoms with Gasteiger partial charge in [0.2, 0.25) is 0 Å². The first-order chi connectivity index (χ1) is 17.7. The molecule has 0 aromatic heterocycles. The molecule has 8 nitrogen and oxygen atoms in total. The van der Waals surface area contributed by atoms with Crippen LogP contribution in [-0.4, -0.2) is 65.4 Å². The second kappa shape index (κ2) is 11.6. The van der Waals surface area contributed by atoms with Crippen LogP contribution < -0.4 is 11.1 Å². The van der Waals surface area contributed by atoms with Crippen LogP contribution in [0.3, 0.4) is 0 Å². The lowest BCUT2D eigenvalue weighted by molar-refractivity contribution is -0.110. The van der Waals surface area contributed by atoms with Gasteiger partial charge in [0.1, 0.15) is 11.7 Å². The maximum atomic E-state index is 14.2. The number of hydrogen-bond acceptors (Lipinski definition) is 6. The molecular formula is C26H29Cl2FN6O2. The van der Waals surface area contributed by atoms with Crippen molar-refractivity contribution in [1.29, 1.82) is 5.41 Å². The number of benzene rings is 2. The fourth-order valence-corrected chi connectivity index (χ4v) is 5.48. The van der Waals surface area contributed by atoms with Crippen molar-refractivity contribution in [2.45, 2.75) is 38.3 Å². The van der Waals surface area contributed by atoms with Crippen LogP contribution in [0.25, 0.3) is 0 Å². The summed E-state index contributed by atoms with van der Waals surface area (Å²) < 4.78 is 14.2. The van der Waals surface area contributed by atoms with E-state index in [0.29, 0.717) is 34.9 Å². The molecule has 2 aromatic carbocycles. The number of likely N-dealkylation sites (tertiary alicyclic amines) is 1. The van der Waals surface area contributed by atoms with E-state index in [0.717, 1.165) is 25.9 Å². The zero-order valence-corrected chi connectivity index (χ0v) is 21.9. The second-order valence-corrected chi connectivity index (χ2v) is 9.99. The number of carbonyl (C=O) groups excluding carboxylic acids is 2. The molecule has 1 fully saturated rings. The Hall–Kier alpha value is -3.01. The number of rotatable bonds is 7. The number of nitrogens with zero attached hydrogens (tertiary/aromatic N) is 3. The van der Waals surface area contributed by atoms with Crippen LogP contribution in [0, 0.1) is 11.2 Å². The van der Waals surface area contributed by atoms with E-state index in [9.17, 15) is 14.0 Å². The molecule has 196 valence electrons. The number of amidine groups is 1. The topological polar surface area (TPSA) is 115 Å². The number of amides is 2. The zero-order valence-electron chi connectivity index (χ0n) is 20.4. The highest BCUT2D eigenvalue weighted by molar-refractivity contribution is 6.42. The van der Waals surface area contributed by atoms with Gasteiger partial charge >= 0.3 is 0 Å². The van der Waals surface area contributed by atoms with Crippen molar-refractivity contribution < 1.29 is 14.0 Å². The molecule has 11 heteroatoms. The van der Waals surface area contributed by atoms with E-state index in [2.05, 4.69) is 10.3 Å². The molecule has 4 rings (SSSR count). The minimum absolute atomic E-state index is 0.0123. The van der Waals surface area contributed by atoms with E-state index in [1.165, 1.54) is 12.1 Å². The number of nitrogens with one attached hydrogen (secondary N) is 2. The molecule has 0 aliphatic carbocycles. The third-order valence-electron chi connectivity index (χ3n) is 6.84. The molecule has 0 spiro atoms. The van der Waals surface area contributed by atoms with Gasteiger partial charge < -0.3 is 16.0 Å². The number of halogens is 3. The van der Waals surface area contributed by atoms with Crippen LogP contribution in [-0.2, 0) is 4.79 Å². The molecule has 0 saturated carbocycles. The highest BCUT2D eigenvalue weighted by atomic mass is 35.5. The SMILES string of the molecule is CC(c1c(Cl)ccc(F)c1Cl)N1CCN=C(N)C1CC(=N)C(=O)Nc1ccc(C(=O)N2CCCC2)cc1. The summed E-state index contributed by atoms with van der Waals surface area (Å²) in [7, 11) is 0. The molecule has 2 aliphatic rings. The quantitative estimate of drug-likeness (QED) is 0.349. The van der Waals surface area contributed by atoms with Crippen LogP contribution in [0.2, 0.25) is 10.0 Å². The summed E-state index contributed by atoms with van der Waals surface area (Å²) in [6.07, 6.45) is 2.01. The smallest absolute Gasteiger partial charge is 0.269 e. The fourth-order valence-electron chi connectivity index (χ4n) is 4.79. The van der Waals surface area contributed by atoms with E-state index in [1.807, 2.05) is 16.7 Å². The standard InChI is InChI=1S/C26H29Cl2FN6O2/c1-15(22-18(27)8-9-19(29)23(22)28)35-13-10-32-24(31)21(35)14-20(30)25(36)33-17-6-4-16(5-7-17)26(37)34-11-2-3-12-34/h4-9,15,21,30H,2-3,10-14H2,1H3,(H2,31,32)(H,33,36). The zero-order chi connectivity index (χ0) is 26.7. The Bertz CT molecular complexity index is 1230. The van der Waals surface area contributed by atoms with Crippen LogP contribution in [0.4, 0.5) is 10.1 Å². The van der Waals surface area contributed by atoms with Crippen molar-refractivity contribution >= 4 is 52.3 Å². The minimum atomic E-state index is -0.591. The molecule has 0 bridgehead atoms. The molecule has 2 atom stereocenters. The fraction of sp³-hybridized carbons (Fsp3) is 0.385. The molecule has 2 heterocycles. The lowest BCUT2D eigenvalue weighted by atomic mass is 9.99. The molecular weight excluding hydrogens is 518 g/mol. The summed E-state index contributed by atoms with van der Waals surface area (Å²) in [4.78, 5) is 33.4. The summed E-state index contributed by atoms with van der Waals surface area (Å²) in [5, 5.41) is 11.4. The molecule has 4 N–H and O–H groups in total. The highest BCUT2D eigenvalue weighted by Crippen LogP contribution is 2.37. The first-order valence-electron chi connectivity index (χ1n) is 12.1. The molecule has 2 amide bonds. The van der Waals surface area contributed by atoms with Crippen LogP contribution >= 0.6 is 23.2 Å². The molecule has 2 unspecified atom stereocenters. The van der Waals surface area contributed by atoms with Crippen molar-refractivity contribution in [2.75, 3.05) is 31.5 Å². The summed E-state index contributed by atoms with van der Waals surface area (Å²) in [5.74, 6) is -0.915. The van der Waals surface area contributed by atoms with Gasteiger partial charge in [-0.3, -0.25) is 24.9 Å². The van der Waals surface area contributed by atoms with Crippen molar-refractivity contribution in [3.8, 4) is 0 Å². The number of hydrogen-bond donors (Lipinski definition) is 3. The van der Waals surface area contributed by atoms with Gasteiger partial charge in [-0.1, -0.05) is 23.2 Å². The predicted octanol–water partition coefficient (Wildman–Crippen LogP) is 4.52. The van der Waals surface area contributed by atoms with Crippen LogP contribution in [0.5, 0.6) is 0 Å². The van der Waals surface area contributed by atoms with Crippen LogP contribution in [0.15, 0.2) is 41.4 Å².